The third kappa shape index (κ3) is 9.81. The van der Waals surface area contributed by atoms with Gasteiger partial charge in [0.25, 0.3) is 0 Å². The van der Waals surface area contributed by atoms with Gasteiger partial charge in [0.05, 0.1) is 39.7 Å². The summed E-state index contributed by atoms with van der Waals surface area (Å²) < 4.78 is 70.2. The van der Waals surface area contributed by atoms with E-state index in [1.807, 2.05) is 0 Å². The van der Waals surface area contributed by atoms with Crippen LogP contribution in [0, 0.1) is 5.92 Å². The summed E-state index contributed by atoms with van der Waals surface area (Å²) in [6.07, 6.45) is -2.78. The van der Waals surface area contributed by atoms with Gasteiger partial charge in [-0.05, 0) is 5.92 Å². The standard InChI is InChI=1S/C12H23NO4/c1-9(2)6-12(16)17-10(7-11(14)15)8-13(3,4)5/h9-10H,6-8H2,1-5H3/p+1/t10-/m1/s1/i3D3,4D3,5D3. The minimum absolute atomic E-state index is 0.120. The summed E-state index contributed by atoms with van der Waals surface area (Å²) in [6.45, 7) is -8.49. The second kappa shape index (κ2) is 6.59. The van der Waals surface area contributed by atoms with Gasteiger partial charge in [-0.2, -0.15) is 0 Å². The number of carbonyl (C=O) groups excluding carboxylic acids is 1. The molecule has 0 aliphatic heterocycles. The van der Waals surface area contributed by atoms with E-state index in [2.05, 4.69) is 0 Å². The Morgan fingerprint density at radius 3 is 2.29 bits per heavy atom. The van der Waals surface area contributed by atoms with Gasteiger partial charge in [0.1, 0.15) is 6.54 Å². The largest absolute Gasteiger partial charge is 0.481 e. The molecule has 0 fully saturated rings. The number of carboxylic acids is 1. The number of likely N-dealkylation sites (N-methyl/N-ethyl adjacent to an activating group) is 1. The summed E-state index contributed by atoms with van der Waals surface area (Å²) in [7, 11) is 0. The lowest BCUT2D eigenvalue weighted by Gasteiger charge is -2.28. The molecule has 17 heavy (non-hydrogen) atoms. The lowest BCUT2D eigenvalue weighted by molar-refractivity contribution is -0.873. The van der Waals surface area contributed by atoms with Gasteiger partial charge in [-0.3, -0.25) is 9.59 Å². The Kier molecular flexibility index (Phi) is 2.40. The fraction of sp³-hybridized carbons (Fsp3) is 0.833. The number of hydrogen-bond acceptors (Lipinski definition) is 3. The van der Waals surface area contributed by atoms with Crippen molar-refractivity contribution in [1.29, 1.82) is 0 Å². The Labute approximate surface area is 116 Å². The van der Waals surface area contributed by atoms with E-state index in [0.29, 0.717) is 0 Å². The molecule has 1 N–H and O–H groups in total. The fourth-order valence-corrected chi connectivity index (χ4v) is 1.21. The van der Waals surface area contributed by atoms with Crippen LogP contribution in [0.4, 0.5) is 0 Å². The van der Waals surface area contributed by atoms with Crippen molar-refractivity contribution in [2.24, 2.45) is 5.92 Å². The first-order valence-electron chi connectivity index (χ1n) is 9.65. The Bertz CT molecular complexity index is 474. The SMILES string of the molecule is [2H]C([2H])([2H])[N+](C[C@@H](CC(=O)O)OC(=O)CC(C)C)(C([2H])([2H])[2H])C([2H])([2H])[2H]. The summed E-state index contributed by atoms with van der Waals surface area (Å²) in [5, 5.41) is 8.96. The zero-order valence-corrected chi connectivity index (χ0v) is 9.90. The maximum absolute atomic E-state index is 11.8. The molecule has 0 heterocycles. The lowest BCUT2D eigenvalue weighted by Crippen LogP contribution is -2.43. The molecule has 0 aliphatic rings. The minimum Gasteiger partial charge on any atom is -0.481 e. The van der Waals surface area contributed by atoms with Crippen LogP contribution in [-0.4, -0.2) is 55.1 Å². The molecule has 5 nitrogen and oxygen atoms in total. The smallest absolute Gasteiger partial charge is 0.307 e. The van der Waals surface area contributed by atoms with Crippen LogP contribution in [0.15, 0.2) is 0 Å². The Morgan fingerprint density at radius 2 is 1.88 bits per heavy atom. The molecular formula is C12H24NO4+. The van der Waals surface area contributed by atoms with E-state index in [9.17, 15) is 9.59 Å². The highest BCUT2D eigenvalue weighted by Crippen LogP contribution is 2.09. The Hall–Kier alpha value is -1.10. The monoisotopic (exact) mass is 255 g/mol. The predicted octanol–water partition coefficient (Wildman–Crippen LogP) is 1.13. The maximum atomic E-state index is 11.8. The van der Waals surface area contributed by atoms with Crippen LogP contribution < -0.4 is 0 Å². The molecule has 0 aromatic heterocycles. The van der Waals surface area contributed by atoms with E-state index >= 15 is 0 Å². The second-order valence-corrected chi connectivity index (χ2v) is 4.30. The van der Waals surface area contributed by atoms with E-state index in [1.54, 1.807) is 13.8 Å². The van der Waals surface area contributed by atoms with Gasteiger partial charge < -0.3 is 14.3 Å². The first-order valence-corrected chi connectivity index (χ1v) is 5.15. The number of carboxylic acid groups (broad SMARTS) is 1. The number of ether oxygens (including phenoxy) is 1. The maximum Gasteiger partial charge on any atom is 0.307 e. The van der Waals surface area contributed by atoms with Crippen molar-refractivity contribution in [3.05, 3.63) is 0 Å². The first kappa shape index (κ1) is 6.18. The van der Waals surface area contributed by atoms with Crippen molar-refractivity contribution in [2.45, 2.75) is 32.8 Å². The highest BCUT2D eigenvalue weighted by atomic mass is 16.5. The normalized spacial score (nSPS) is 23.6. The molecule has 0 spiro atoms. The van der Waals surface area contributed by atoms with Crippen molar-refractivity contribution < 1.29 is 36.3 Å². The second-order valence-electron chi connectivity index (χ2n) is 4.30. The zero-order chi connectivity index (χ0) is 21.1. The molecule has 0 unspecified atom stereocenters. The summed E-state index contributed by atoms with van der Waals surface area (Å²) in [5.41, 5.74) is 0. The van der Waals surface area contributed by atoms with Crippen molar-refractivity contribution >= 4 is 11.9 Å². The van der Waals surface area contributed by atoms with E-state index in [0.717, 1.165) is 0 Å². The van der Waals surface area contributed by atoms with Crippen LogP contribution in [0.1, 0.15) is 39.0 Å². The minimum atomic E-state index is -3.54. The van der Waals surface area contributed by atoms with E-state index in [-0.39, 0.29) is 12.3 Å². The van der Waals surface area contributed by atoms with Gasteiger partial charge in [0.2, 0.25) is 0 Å². The zero-order valence-electron chi connectivity index (χ0n) is 18.9. The van der Waals surface area contributed by atoms with Gasteiger partial charge in [-0.1, -0.05) is 13.8 Å². The third-order valence-electron chi connectivity index (χ3n) is 1.75. The highest BCUT2D eigenvalue weighted by molar-refractivity contribution is 5.71. The summed E-state index contributed by atoms with van der Waals surface area (Å²) in [4.78, 5) is 22.9. The number of aliphatic carboxylic acids is 1. The highest BCUT2D eigenvalue weighted by Gasteiger charge is 2.24. The fourth-order valence-electron chi connectivity index (χ4n) is 1.21. The average molecular weight is 255 g/mol. The van der Waals surface area contributed by atoms with E-state index in [4.69, 9.17) is 22.2 Å². The summed E-state index contributed by atoms with van der Waals surface area (Å²) in [6, 6.07) is 0. The van der Waals surface area contributed by atoms with Crippen LogP contribution in [-0.2, 0) is 14.3 Å². The molecular weight excluding hydrogens is 222 g/mol. The third-order valence-corrected chi connectivity index (χ3v) is 1.75. The van der Waals surface area contributed by atoms with Crippen LogP contribution in [0.2, 0.25) is 0 Å². The lowest BCUT2D eigenvalue weighted by atomic mass is 10.1. The van der Waals surface area contributed by atoms with Crippen LogP contribution in [0.25, 0.3) is 0 Å². The number of hydrogen-bond donors (Lipinski definition) is 1. The molecule has 0 bridgehead atoms. The Balaban J connectivity index is 6.06. The molecule has 5 heteroatoms. The Morgan fingerprint density at radius 1 is 1.29 bits per heavy atom. The molecule has 0 saturated carbocycles. The molecule has 1 atom stereocenters. The van der Waals surface area contributed by atoms with Crippen molar-refractivity contribution in [1.82, 2.24) is 0 Å². The van der Waals surface area contributed by atoms with Crippen molar-refractivity contribution in [2.75, 3.05) is 27.5 Å². The molecule has 0 aromatic carbocycles. The molecule has 0 aromatic rings. The van der Waals surface area contributed by atoms with E-state index < -0.39 is 56.4 Å². The summed E-state index contributed by atoms with van der Waals surface area (Å²) >= 11 is 0. The van der Waals surface area contributed by atoms with Gasteiger partial charge in [-0.15, -0.1) is 0 Å². The molecule has 0 saturated heterocycles. The molecule has 0 radical (unpaired) electrons. The van der Waals surface area contributed by atoms with Crippen molar-refractivity contribution in [3.8, 4) is 0 Å². The molecule has 0 amide bonds. The number of nitrogens with zero attached hydrogens (tertiary/aromatic N) is 1. The summed E-state index contributed by atoms with van der Waals surface area (Å²) in [5.74, 6) is -2.52. The van der Waals surface area contributed by atoms with Crippen molar-refractivity contribution in [3.63, 3.8) is 0 Å². The van der Waals surface area contributed by atoms with Gasteiger partial charge in [0, 0.05) is 6.42 Å². The van der Waals surface area contributed by atoms with Crippen LogP contribution in [0.3, 0.4) is 0 Å². The van der Waals surface area contributed by atoms with Gasteiger partial charge in [0.15, 0.2) is 6.10 Å². The van der Waals surface area contributed by atoms with E-state index in [1.165, 1.54) is 0 Å². The average Bonchev–Trinajstić information content (AvgIpc) is 2.28. The number of quaternary nitrogens is 1. The first-order chi connectivity index (χ1) is 11.3. The predicted molar refractivity (Wildman–Crippen MR) is 64.5 cm³/mol. The van der Waals surface area contributed by atoms with Crippen LogP contribution >= 0.6 is 0 Å². The van der Waals surface area contributed by atoms with Gasteiger partial charge in [-0.25, -0.2) is 0 Å². The molecule has 0 aliphatic carbocycles. The quantitative estimate of drug-likeness (QED) is 0.547. The van der Waals surface area contributed by atoms with Gasteiger partial charge >= 0.3 is 11.9 Å². The molecule has 100 valence electrons. The number of esters is 1. The topological polar surface area (TPSA) is 63.6 Å². The number of carbonyl (C=O) groups is 2. The molecule has 0 rings (SSSR count). The number of rotatable bonds is 7. The van der Waals surface area contributed by atoms with Crippen LogP contribution in [0.5, 0.6) is 0 Å².